The van der Waals surface area contributed by atoms with Crippen molar-refractivity contribution >= 4 is 73.4 Å². The van der Waals surface area contributed by atoms with Crippen LogP contribution in [-0.2, 0) is 5.41 Å². The lowest BCUT2D eigenvalue weighted by molar-refractivity contribution is 0.667. The third-order valence-corrected chi connectivity index (χ3v) is 12.7. The third-order valence-electron chi connectivity index (χ3n) is 10.7. The minimum Gasteiger partial charge on any atom is -0.310 e. The third kappa shape index (κ3) is 4.51. The quantitative estimate of drug-likeness (QED) is 0.174. The molecule has 8 aromatic carbocycles. The zero-order valence-electron chi connectivity index (χ0n) is 28.3. The van der Waals surface area contributed by atoms with Crippen LogP contribution in [-0.4, -0.2) is 8.07 Å². The van der Waals surface area contributed by atoms with Crippen molar-refractivity contribution in [3.8, 4) is 11.1 Å². The van der Waals surface area contributed by atoms with Gasteiger partial charge in [-0.25, -0.2) is 0 Å². The van der Waals surface area contributed by atoms with E-state index in [1.807, 2.05) is 0 Å². The topological polar surface area (TPSA) is 3.24 Å². The average Bonchev–Trinajstić information content (AvgIpc) is 3.32. The maximum Gasteiger partial charge on any atom is 0.0776 e. The summed E-state index contributed by atoms with van der Waals surface area (Å²) in [4.78, 5) is 2.41. The monoisotopic (exact) mass is 633 g/mol. The first-order valence-electron chi connectivity index (χ1n) is 17.1. The van der Waals surface area contributed by atoms with Crippen LogP contribution in [0.2, 0.25) is 19.6 Å². The van der Waals surface area contributed by atoms with Crippen molar-refractivity contribution in [3.63, 3.8) is 0 Å². The molecule has 0 amide bonds. The summed E-state index contributed by atoms with van der Waals surface area (Å²) in [7, 11) is -1.41. The first-order chi connectivity index (χ1) is 23.1. The molecule has 1 aliphatic carbocycles. The van der Waals surface area contributed by atoms with Gasteiger partial charge in [-0.2, -0.15) is 0 Å². The summed E-state index contributed by atoms with van der Waals surface area (Å²) >= 11 is 0. The fraction of sp³-hybridized carbons (Fsp3) is 0.130. The molecule has 0 spiro atoms. The van der Waals surface area contributed by atoms with E-state index in [1.165, 1.54) is 70.5 Å². The van der Waals surface area contributed by atoms with Crippen LogP contribution in [0.1, 0.15) is 25.0 Å². The molecule has 2 heteroatoms. The number of hydrogen-bond acceptors (Lipinski definition) is 1. The van der Waals surface area contributed by atoms with Gasteiger partial charge in [0, 0.05) is 22.5 Å². The number of hydrogen-bond donors (Lipinski definition) is 0. The van der Waals surface area contributed by atoms with Crippen molar-refractivity contribution in [2.75, 3.05) is 4.90 Å². The smallest absolute Gasteiger partial charge is 0.0776 e. The Hall–Kier alpha value is -5.18. The average molecular weight is 634 g/mol. The molecule has 232 valence electrons. The van der Waals surface area contributed by atoms with Crippen LogP contribution in [0, 0.1) is 0 Å². The van der Waals surface area contributed by atoms with Crippen LogP contribution >= 0.6 is 0 Å². The Bertz CT molecular complexity index is 2510. The summed E-state index contributed by atoms with van der Waals surface area (Å²) in [5.41, 5.74) is 8.98. The van der Waals surface area contributed by atoms with Crippen molar-refractivity contribution < 1.29 is 0 Å². The van der Waals surface area contributed by atoms with Crippen molar-refractivity contribution in [1.29, 1.82) is 0 Å². The summed E-state index contributed by atoms with van der Waals surface area (Å²) in [5.74, 6) is 0. The molecule has 0 atom stereocenters. The molecule has 1 nitrogen and oxygen atoms in total. The highest BCUT2D eigenvalue weighted by Crippen LogP contribution is 2.53. The lowest BCUT2D eigenvalue weighted by atomic mass is 9.80. The van der Waals surface area contributed by atoms with Crippen LogP contribution < -0.4 is 10.1 Å². The summed E-state index contributed by atoms with van der Waals surface area (Å²) < 4.78 is 0. The van der Waals surface area contributed by atoms with Crippen LogP contribution in [0.4, 0.5) is 17.1 Å². The van der Waals surface area contributed by atoms with E-state index >= 15 is 0 Å². The maximum atomic E-state index is 2.48. The molecule has 9 rings (SSSR count). The van der Waals surface area contributed by atoms with E-state index < -0.39 is 8.07 Å². The number of nitrogens with zero attached hydrogens (tertiary/aromatic N) is 1. The normalized spacial score (nSPS) is 13.7. The molecular formula is C46H39NSi. The fourth-order valence-corrected chi connectivity index (χ4v) is 9.24. The highest BCUT2D eigenvalue weighted by molar-refractivity contribution is 6.88. The molecule has 0 saturated carbocycles. The Morgan fingerprint density at radius 3 is 1.58 bits per heavy atom. The summed E-state index contributed by atoms with van der Waals surface area (Å²) in [6, 6.07) is 54.7. The molecule has 0 bridgehead atoms. The van der Waals surface area contributed by atoms with Gasteiger partial charge in [0.15, 0.2) is 0 Å². The predicted molar refractivity (Wildman–Crippen MR) is 212 cm³/mol. The lowest BCUT2D eigenvalue weighted by Gasteiger charge is -2.27. The number of fused-ring (bicyclic) bond motifs is 8. The van der Waals surface area contributed by atoms with Crippen molar-refractivity contribution in [2.45, 2.75) is 38.9 Å². The van der Waals surface area contributed by atoms with Gasteiger partial charge in [0.2, 0.25) is 0 Å². The van der Waals surface area contributed by atoms with Crippen LogP contribution in [0.5, 0.6) is 0 Å². The molecule has 1 aliphatic rings. The van der Waals surface area contributed by atoms with E-state index in [1.54, 1.807) is 0 Å². The standard InChI is InChI=1S/C46H39NSi/c1-46(2)44-29-36-27-40(48(3,4)5)21-16-34(36)28-43(44)42-22-17-35-26-39(20-23-41(35)45(42)46)47(37-18-14-30-10-6-8-12-32(30)24-37)38-19-15-31-11-7-9-13-33(31)25-38/h6-29H,1-5H3. The van der Waals surface area contributed by atoms with Gasteiger partial charge in [0.05, 0.1) is 8.07 Å². The Kier molecular flexibility index (Phi) is 6.29. The van der Waals surface area contributed by atoms with E-state index in [4.69, 9.17) is 0 Å². The van der Waals surface area contributed by atoms with E-state index in [2.05, 4.69) is 184 Å². The Balaban J connectivity index is 1.21. The molecule has 0 heterocycles. The molecule has 0 N–H and O–H groups in total. The lowest BCUT2D eigenvalue weighted by Crippen LogP contribution is -2.37. The first-order valence-corrected chi connectivity index (χ1v) is 20.6. The number of rotatable bonds is 4. The number of benzene rings is 8. The second-order valence-corrected chi connectivity index (χ2v) is 20.2. The molecule has 0 saturated heterocycles. The van der Waals surface area contributed by atoms with Gasteiger partial charge in [-0.3, -0.25) is 0 Å². The van der Waals surface area contributed by atoms with Crippen LogP contribution in [0.25, 0.3) is 54.2 Å². The van der Waals surface area contributed by atoms with Crippen molar-refractivity contribution in [3.05, 3.63) is 157 Å². The van der Waals surface area contributed by atoms with E-state index in [9.17, 15) is 0 Å². The maximum absolute atomic E-state index is 2.48. The molecule has 0 radical (unpaired) electrons. The van der Waals surface area contributed by atoms with E-state index in [0.717, 1.165) is 17.1 Å². The summed E-state index contributed by atoms with van der Waals surface area (Å²) in [6.45, 7) is 12.1. The van der Waals surface area contributed by atoms with Gasteiger partial charge in [0.25, 0.3) is 0 Å². The van der Waals surface area contributed by atoms with Gasteiger partial charge in [-0.05, 0) is 114 Å². The zero-order chi connectivity index (χ0) is 32.8. The molecule has 0 aliphatic heterocycles. The molecular weight excluding hydrogens is 595 g/mol. The SMILES string of the molecule is CC1(C)c2cc3cc([Si](C)(C)C)ccc3cc2-c2ccc3cc(N(c4ccc5ccccc5c4)c4ccc5ccccc5c4)ccc3c21. The van der Waals surface area contributed by atoms with Gasteiger partial charge < -0.3 is 4.90 Å². The van der Waals surface area contributed by atoms with Gasteiger partial charge in [-0.1, -0.05) is 136 Å². The van der Waals surface area contributed by atoms with Crippen LogP contribution in [0.15, 0.2) is 146 Å². The van der Waals surface area contributed by atoms with Crippen molar-refractivity contribution in [2.24, 2.45) is 0 Å². The highest BCUT2D eigenvalue weighted by Gasteiger charge is 2.37. The second kappa shape index (κ2) is 10.4. The molecule has 8 aromatic rings. The Morgan fingerprint density at radius 2 is 0.958 bits per heavy atom. The highest BCUT2D eigenvalue weighted by atomic mass is 28.3. The minimum absolute atomic E-state index is 0.106. The van der Waals surface area contributed by atoms with Gasteiger partial charge in [0.1, 0.15) is 0 Å². The Morgan fingerprint density at radius 1 is 0.438 bits per heavy atom. The second-order valence-electron chi connectivity index (χ2n) is 15.1. The summed E-state index contributed by atoms with van der Waals surface area (Å²) in [6.07, 6.45) is 0. The first kappa shape index (κ1) is 29.0. The summed E-state index contributed by atoms with van der Waals surface area (Å²) in [5, 5.41) is 11.8. The van der Waals surface area contributed by atoms with E-state index in [-0.39, 0.29) is 5.41 Å². The molecule has 0 unspecified atom stereocenters. The minimum atomic E-state index is -1.41. The fourth-order valence-electron chi connectivity index (χ4n) is 8.07. The van der Waals surface area contributed by atoms with Gasteiger partial charge >= 0.3 is 0 Å². The van der Waals surface area contributed by atoms with Crippen LogP contribution in [0.3, 0.4) is 0 Å². The van der Waals surface area contributed by atoms with E-state index in [0.29, 0.717) is 0 Å². The Labute approximate surface area is 284 Å². The molecule has 48 heavy (non-hydrogen) atoms. The largest absolute Gasteiger partial charge is 0.310 e. The van der Waals surface area contributed by atoms with Gasteiger partial charge in [-0.15, -0.1) is 0 Å². The number of anilines is 3. The molecule has 0 aromatic heterocycles. The zero-order valence-corrected chi connectivity index (χ0v) is 29.3. The van der Waals surface area contributed by atoms with Crippen molar-refractivity contribution in [1.82, 2.24) is 0 Å². The predicted octanol–water partition coefficient (Wildman–Crippen LogP) is 12.6. The molecule has 0 fully saturated rings.